The molecule has 0 saturated heterocycles. The maximum atomic E-state index is 4.93. The summed E-state index contributed by atoms with van der Waals surface area (Å²) in [5, 5.41) is 8.72. The summed E-state index contributed by atoms with van der Waals surface area (Å²) in [7, 11) is 2.02. The van der Waals surface area contributed by atoms with Gasteiger partial charge in [-0.25, -0.2) is 9.97 Å². The van der Waals surface area contributed by atoms with Gasteiger partial charge in [-0.3, -0.25) is 10.1 Å². The van der Waals surface area contributed by atoms with Crippen LogP contribution in [0.5, 0.6) is 0 Å². The first-order valence-electron chi connectivity index (χ1n) is 10.6. The summed E-state index contributed by atoms with van der Waals surface area (Å²) in [5.41, 5.74) is 7.53. The lowest BCUT2D eigenvalue weighted by Gasteiger charge is -2.04. The zero-order chi connectivity index (χ0) is 22.7. The van der Waals surface area contributed by atoms with Gasteiger partial charge in [0.05, 0.1) is 27.8 Å². The van der Waals surface area contributed by atoms with Crippen molar-refractivity contribution in [2.24, 2.45) is 7.05 Å². The Kier molecular flexibility index (Phi) is 4.31. The lowest BCUT2D eigenvalue weighted by molar-refractivity contribution is 0.865. The fraction of sp³-hybridized carbons (Fsp3) is 0.120. The number of aromatic amines is 2. The zero-order valence-corrected chi connectivity index (χ0v) is 19.3. The Morgan fingerprint density at radius 3 is 2.70 bits per heavy atom. The molecule has 0 amide bonds. The number of fused-ring (bicyclic) bond motifs is 2. The molecule has 0 aliphatic heterocycles. The van der Waals surface area contributed by atoms with Crippen LogP contribution in [0.2, 0.25) is 0 Å². The number of benzene rings is 1. The maximum absolute atomic E-state index is 4.93. The van der Waals surface area contributed by atoms with Crippen LogP contribution < -0.4 is 0 Å². The molecule has 0 aliphatic rings. The van der Waals surface area contributed by atoms with Gasteiger partial charge < -0.3 is 9.55 Å². The summed E-state index contributed by atoms with van der Waals surface area (Å²) in [6.07, 6.45) is 3.71. The Bertz CT molecular complexity index is 1680. The third kappa shape index (κ3) is 3.10. The summed E-state index contributed by atoms with van der Waals surface area (Å²) in [6.45, 7) is 8.06. The van der Waals surface area contributed by atoms with E-state index >= 15 is 0 Å². The lowest BCUT2D eigenvalue weighted by atomic mass is 10.1. The Morgan fingerprint density at radius 1 is 1.06 bits per heavy atom. The first-order valence-corrected chi connectivity index (χ1v) is 11.4. The first kappa shape index (κ1) is 19.6. The molecule has 1 aromatic carbocycles. The highest BCUT2D eigenvalue weighted by molar-refractivity contribution is 7.16. The molecule has 0 unspecified atom stereocenters. The molecular formula is C25H21N7S. The van der Waals surface area contributed by atoms with E-state index in [-0.39, 0.29) is 0 Å². The minimum atomic E-state index is 0.709. The second-order valence-corrected chi connectivity index (χ2v) is 9.25. The average molecular weight is 452 g/mol. The molecule has 5 heterocycles. The molecule has 0 bridgehead atoms. The Morgan fingerprint density at radius 2 is 1.94 bits per heavy atom. The van der Waals surface area contributed by atoms with E-state index in [0.717, 1.165) is 65.7 Å². The van der Waals surface area contributed by atoms with E-state index in [1.54, 1.807) is 11.3 Å². The van der Waals surface area contributed by atoms with Crippen molar-refractivity contribution in [1.29, 1.82) is 0 Å². The van der Waals surface area contributed by atoms with Gasteiger partial charge in [-0.2, -0.15) is 5.10 Å². The third-order valence-corrected chi connectivity index (χ3v) is 7.22. The van der Waals surface area contributed by atoms with Crippen molar-refractivity contribution in [3.63, 3.8) is 0 Å². The van der Waals surface area contributed by atoms with Crippen LogP contribution in [-0.2, 0) is 7.05 Å². The highest BCUT2D eigenvalue weighted by Gasteiger charge is 2.18. The van der Waals surface area contributed by atoms with Gasteiger partial charge in [-0.05, 0) is 49.8 Å². The third-order valence-electron chi connectivity index (χ3n) is 5.96. The van der Waals surface area contributed by atoms with Gasteiger partial charge in [0.1, 0.15) is 22.7 Å². The van der Waals surface area contributed by atoms with Crippen molar-refractivity contribution >= 4 is 38.8 Å². The van der Waals surface area contributed by atoms with E-state index in [1.165, 1.54) is 0 Å². The average Bonchev–Trinajstić information content (AvgIpc) is 3.59. The van der Waals surface area contributed by atoms with Gasteiger partial charge in [0, 0.05) is 29.1 Å². The van der Waals surface area contributed by atoms with Gasteiger partial charge in [0.2, 0.25) is 0 Å². The monoisotopic (exact) mass is 451 g/mol. The van der Waals surface area contributed by atoms with Crippen LogP contribution in [0.15, 0.2) is 55.4 Å². The molecule has 0 fully saturated rings. The zero-order valence-electron chi connectivity index (χ0n) is 18.5. The van der Waals surface area contributed by atoms with Gasteiger partial charge >= 0.3 is 0 Å². The molecule has 5 aromatic heterocycles. The maximum Gasteiger partial charge on any atom is 0.159 e. The predicted molar refractivity (Wildman–Crippen MR) is 134 cm³/mol. The fourth-order valence-corrected chi connectivity index (χ4v) is 4.98. The van der Waals surface area contributed by atoms with E-state index in [4.69, 9.17) is 4.98 Å². The van der Waals surface area contributed by atoms with Crippen LogP contribution >= 0.6 is 11.3 Å². The molecule has 2 N–H and O–H groups in total. The van der Waals surface area contributed by atoms with Gasteiger partial charge in [0.15, 0.2) is 5.82 Å². The SMILES string of the molecule is C=C(C)c1ccc(-c2nccc3[nH]c(-c4n[nH]c5ccc(-c6cnc(C)n6C)cc45)nc23)s1. The van der Waals surface area contributed by atoms with Crippen LogP contribution in [0.25, 0.3) is 60.9 Å². The van der Waals surface area contributed by atoms with Crippen LogP contribution in [0, 0.1) is 6.92 Å². The molecular weight excluding hydrogens is 430 g/mol. The molecule has 8 heteroatoms. The summed E-state index contributed by atoms with van der Waals surface area (Å²) in [6, 6.07) is 12.4. The van der Waals surface area contributed by atoms with Gasteiger partial charge in [-0.1, -0.05) is 12.6 Å². The number of aromatic nitrogens is 7. The van der Waals surface area contributed by atoms with Crippen LogP contribution in [0.3, 0.4) is 0 Å². The number of imidazole rings is 2. The molecule has 0 aliphatic carbocycles. The minimum absolute atomic E-state index is 0.709. The largest absolute Gasteiger partial charge is 0.336 e. The molecule has 6 rings (SSSR count). The second kappa shape index (κ2) is 7.25. The molecule has 33 heavy (non-hydrogen) atoms. The van der Waals surface area contributed by atoms with Crippen LogP contribution in [-0.4, -0.2) is 34.7 Å². The molecule has 0 saturated carbocycles. The molecule has 162 valence electrons. The van der Waals surface area contributed by atoms with Gasteiger partial charge in [0.25, 0.3) is 0 Å². The molecule has 0 spiro atoms. The van der Waals surface area contributed by atoms with Gasteiger partial charge in [-0.15, -0.1) is 11.3 Å². The Balaban J connectivity index is 1.49. The van der Waals surface area contributed by atoms with Crippen molar-refractivity contribution in [2.75, 3.05) is 0 Å². The fourth-order valence-electron chi connectivity index (χ4n) is 4.05. The van der Waals surface area contributed by atoms with Crippen LogP contribution in [0.1, 0.15) is 17.6 Å². The minimum Gasteiger partial charge on any atom is -0.336 e. The highest BCUT2D eigenvalue weighted by Crippen LogP contribution is 2.35. The number of nitrogens with one attached hydrogen (secondary N) is 2. The van der Waals surface area contributed by atoms with Crippen molar-refractivity contribution < 1.29 is 0 Å². The number of hydrogen-bond donors (Lipinski definition) is 2. The van der Waals surface area contributed by atoms with Crippen LogP contribution in [0.4, 0.5) is 0 Å². The smallest absolute Gasteiger partial charge is 0.159 e. The number of allylic oxidation sites excluding steroid dienone is 1. The number of hydrogen-bond acceptors (Lipinski definition) is 5. The number of nitrogens with zero attached hydrogens (tertiary/aromatic N) is 5. The molecule has 0 radical (unpaired) electrons. The van der Waals surface area contributed by atoms with E-state index in [0.29, 0.717) is 5.82 Å². The standard InChI is InChI=1S/C25H21N7S/c1-13(2)20-7-8-21(33-20)24-23-18(9-10-26-24)28-25(29-23)22-16-11-15(5-6-17(16)30-31-22)19-12-27-14(3)32(19)4/h5-12H,1H2,2-4H3,(H,28,29)(H,30,31). The molecule has 6 aromatic rings. The summed E-state index contributed by atoms with van der Waals surface area (Å²) in [4.78, 5) is 19.6. The number of H-pyrrole nitrogens is 2. The number of aryl methyl sites for hydroxylation is 1. The number of rotatable bonds is 4. The van der Waals surface area contributed by atoms with Crippen molar-refractivity contribution in [3.8, 4) is 33.3 Å². The van der Waals surface area contributed by atoms with Crippen molar-refractivity contribution in [2.45, 2.75) is 13.8 Å². The van der Waals surface area contributed by atoms with Crippen molar-refractivity contribution in [1.82, 2.24) is 34.7 Å². The predicted octanol–water partition coefficient (Wildman–Crippen LogP) is 5.97. The quantitative estimate of drug-likeness (QED) is 0.345. The van der Waals surface area contributed by atoms with E-state index in [9.17, 15) is 0 Å². The molecule has 0 atom stereocenters. The van der Waals surface area contributed by atoms with E-state index in [1.807, 2.05) is 45.4 Å². The Hall–Kier alpha value is -4.04. The first-order chi connectivity index (χ1) is 16.0. The lowest BCUT2D eigenvalue weighted by Crippen LogP contribution is -1.94. The summed E-state index contributed by atoms with van der Waals surface area (Å²) >= 11 is 1.68. The Labute approximate surface area is 193 Å². The highest BCUT2D eigenvalue weighted by atomic mass is 32.1. The van der Waals surface area contributed by atoms with Crippen molar-refractivity contribution in [3.05, 3.63) is 66.1 Å². The number of thiophene rings is 1. The second-order valence-electron chi connectivity index (χ2n) is 8.17. The summed E-state index contributed by atoms with van der Waals surface area (Å²) in [5.74, 6) is 1.68. The topological polar surface area (TPSA) is 88.1 Å². The van der Waals surface area contributed by atoms with E-state index < -0.39 is 0 Å². The molecule has 7 nitrogen and oxygen atoms in total. The number of pyridine rings is 1. The normalized spacial score (nSPS) is 11.6. The van der Waals surface area contributed by atoms with E-state index in [2.05, 4.69) is 60.6 Å². The summed E-state index contributed by atoms with van der Waals surface area (Å²) < 4.78 is 2.08.